The van der Waals surface area contributed by atoms with Crippen molar-refractivity contribution in [2.75, 3.05) is 19.0 Å². The van der Waals surface area contributed by atoms with Gasteiger partial charge in [0.05, 0.1) is 12.6 Å². The number of halogens is 2. The van der Waals surface area contributed by atoms with E-state index >= 15 is 0 Å². The van der Waals surface area contributed by atoms with Crippen LogP contribution in [0.3, 0.4) is 0 Å². The molecule has 1 aromatic carbocycles. The molecule has 1 heterocycles. The third kappa shape index (κ3) is 3.90. The van der Waals surface area contributed by atoms with E-state index in [2.05, 4.69) is 17.2 Å². The van der Waals surface area contributed by atoms with Gasteiger partial charge >= 0.3 is 0 Å². The predicted molar refractivity (Wildman–Crippen MR) is 87.5 cm³/mol. The van der Waals surface area contributed by atoms with Gasteiger partial charge in [-0.25, -0.2) is 4.98 Å². The van der Waals surface area contributed by atoms with E-state index in [1.54, 1.807) is 19.4 Å². The van der Waals surface area contributed by atoms with Crippen molar-refractivity contribution in [2.45, 2.75) is 25.9 Å². The average molecular weight is 328 g/mol. The third-order valence-corrected chi connectivity index (χ3v) is 3.85. The van der Waals surface area contributed by atoms with Crippen molar-refractivity contribution in [3.8, 4) is 0 Å². The molecule has 0 saturated carbocycles. The van der Waals surface area contributed by atoms with E-state index in [4.69, 9.17) is 27.9 Å². The molecule has 4 nitrogen and oxygen atoms in total. The van der Waals surface area contributed by atoms with Gasteiger partial charge in [-0.1, -0.05) is 29.3 Å². The van der Waals surface area contributed by atoms with E-state index in [0.29, 0.717) is 16.7 Å². The number of nitrogens with one attached hydrogen (secondary N) is 1. The number of rotatable bonds is 6. The quantitative estimate of drug-likeness (QED) is 0.862. The average Bonchev–Trinajstić information content (AvgIpc) is 2.86. The van der Waals surface area contributed by atoms with Crippen LogP contribution < -0.4 is 5.32 Å². The first kappa shape index (κ1) is 16.1. The highest BCUT2D eigenvalue weighted by Gasteiger charge is 2.16. The van der Waals surface area contributed by atoms with E-state index in [1.165, 1.54) is 0 Å². The zero-order chi connectivity index (χ0) is 15.4. The van der Waals surface area contributed by atoms with Crippen molar-refractivity contribution in [1.82, 2.24) is 9.55 Å². The Bertz CT molecular complexity index is 600. The number of hydrogen-bond donors (Lipinski definition) is 1. The zero-order valence-corrected chi connectivity index (χ0v) is 13.8. The van der Waals surface area contributed by atoms with Crippen LogP contribution in [0.5, 0.6) is 0 Å². The molecule has 2 unspecified atom stereocenters. The summed E-state index contributed by atoms with van der Waals surface area (Å²) in [6.07, 6.45) is 3.69. The zero-order valence-electron chi connectivity index (χ0n) is 12.3. The summed E-state index contributed by atoms with van der Waals surface area (Å²) >= 11 is 12.2. The summed E-state index contributed by atoms with van der Waals surface area (Å²) < 4.78 is 7.18. The second kappa shape index (κ2) is 7.16. The Morgan fingerprint density at radius 2 is 2.10 bits per heavy atom. The number of ether oxygens (including phenoxy) is 1. The summed E-state index contributed by atoms with van der Waals surface area (Å²) in [4.78, 5) is 4.36. The van der Waals surface area contributed by atoms with E-state index in [1.807, 2.05) is 29.8 Å². The highest BCUT2D eigenvalue weighted by molar-refractivity contribution is 6.35. The Morgan fingerprint density at radius 3 is 2.76 bits per heavy atom. The monoisotopic (exact) mass is 327 g/mol. The molecule has 21 heavy (non-hydrogen) atoms. The van der Waals surface area contributed by atoms with Gasteiger partial charge in [-0.15, -0.1) is 0 Å². The first-order chi connectivity index (χ1) is 10.0. The van der Waals surface area contributed by atoms with Gasteiger partial charge < -0.3 is 14.6 Å². The molecule has 0 aliphatic heterocycles. The Morgan fingerprint density at radius 1 is 1.33 bits per heavy atom. The fourth-order valence-corrected chi connectivity index (χ4v) is 2.81. The van der Waals surface area contributed by atoms with Crippen LogP contribution in [0, 0.1) is 0 Å². The van der Waals surface area contributed by atoms with E-state index in [0.717, 1.165) is 11.5 Å². The summed E-state index contributed by atoms with van der Waals surface area (Å²) in [5.74, 6) is 0.790. The predicted octanol–water partition coefficient (Wildman–Crippen LogP) is 4.25. The van der Waals surface area contributed by atoms with Crippen molar-refractivity contribution in [1.29, 1.82) is 0 Å². The van der Waals surface area contributed by atoms with Crippen LogP contribution in [0.15, 0.2) is 30.6 Å². The SMILES string of the molecule is COCC(C)Nc1nccn1C(C)c1ccc(Cl)cc1Cl. The van der Waals surface area contributed by atoms with Crippen LogP contribution in [-0.4, -0.2) is 29.3 Å². The van der Waals surface area contributed by atoms with Crippen LogP contribution in [0.1, 0.15) is 25.5 Å². The molecule has 0 amide bonds. The van der Waals surface area contributed by atoms with Gasteiger partial charge in [0.1, 0.15) is 0 Å². The molecule has 6 heteroatoms. The lowest BCUT2D eigenvalue weighted by atomic mass is 10.1. The van der Waals surface area contributed by atoms with Crippen molar-refractivity contribution in [3.63, 3.8) is 0 Å². The van der Waals surface area contributed by atoms with Gasteiger partial charge in [0, 0.05) is 35.6 Å². The summed E-state index contributed by atoms with van der Waals surface area (Å²) in [6, 6.07) is 5.76. The molecular weight excluding hydrogens is 309 g/mol. The molecule has 114 valence electrons. The number of anilines is 1. The molecule has 0 bridgehead atoms. The Balaban J connectivity index is 2.23. The minimum Gasteiger partial charge on any atom is -0.383 e. The Labute approximate surface area is 135 Å². The summed E-state index contributed by atoms with van der Waals surface area (Å²) in [5.41, 5.74) is 1.00. The largest absolute Gasteiger partial charge is 0.383 e. The Kier molecular flexibility index (Phi) is 5.51. The maximum absolute atomic E-state index is 6.29. The molecule has 1 N–H and O–H groups in total. The summed E-state index contributed by atoms with van der Waals surface area (Å²) in [7, 11) is 1.68. The number of hydrogen-bond acceptors (Lipinski definition) is 3. The maximum Gasteiger partial charge on any atom is 0.203 e. The van der Waals surface area contributed by atoms with Gasteiger partial charge in [0.15, 0.2) is 0 Å². The number of benzene rings is 1. The molecule has 0 saturated heterocycles. The molecular formula is C15H19Cl2N3O. The summed E-state index contributed by atoms with van der Waals surface area (Å²) in [6.45, 7) is 4.73. The number of aromatic nitrogens is 2. The van der Waals surface area contributed by atoms with Gasteiger partial charge in [0.25, 0.3) is 0 Å². The Hall–Kier alpha value is -1.23. The van der Waals surface area contributed by atoms with Crippen LogP contribution >= 0.6 is 23.2 Å². The van der Waals surface area contributed by atoms with E-state index < -0.39 is 0 Å². The molecule has 2 atom stereocenters. The maximum atomic E-state index is 6.29. The van der Waals surface area contributed by atoms with Gasteiger partial charge in [-0.3, -0.25) is 0 Å². The molecule has 0 radical (unpaired) electrons. The highest BCUT2D eigenvalue weighted by Crippen LogP contribution is 2.30. The lowest BCUT2D eigenvalue weighted by Gasteiger charge is -2.21. The van der Waals surface area contributed by atoms with Crippen molar-refractivity contribution in [2.24, 2.45) is 0 Å². The van der Waals surface area contributed by atoms with Crippen LogP contribution in [0.4, 0.5) is 5.95 Å². The molecule has 0 spiro atoms. The van der Waals surface area contributed by atoms with Gasteiger partial charge in [-0.05, 0) is 31.5 Å². The van der Waals surface area contributed by atoms with Crippen LogP contribution in [0.2, 0.25) is 10.0 Å². The fraction of sp³-hybridized carbons (Fsp3) is 0.400. The van der Waals surface area contributed by atoms with Crippen LogP contribution in [-0.2, 0) is 4.74 Å². The normalized spacial score (nSPS) is 14.0. The van der Waals surface area contributed by atoms with Crippen LogP contribution in [0.25, 0.3) is 0 Å². The van der Waals surface area contributed by atoms with E-state index in [-0.39, 0.29) is 12.1 Å². The topological polar surface area (TPSA) is 39.1 Å². The standard InChI is InChI=1S/C15H19Cl2N3O/c1-10(9-21-3)19-15-18-6-7-20(15)11(2)13-5-4-12(16)8-14(13)17/h4-8,10-11H,9H2,1-3H3,(H,18,19). The lowest BCUT2D eigenvalue weighted by molar-refractivity contribution is 0.190. The molecule has 0 aliphatic rings. The van der Waals surface area contributed by atoms with Crippen molar-refractivity contribution < 1.29 is 4.74 Å². The lowest BCUT2D eigenvalue weighted by Crippen LogP contribution is -2.24. The van der Waals surface area contributed by atoms with E-state index in [9.17, 15) is 0 Å². The highest BCUT2D eigenvalue weighted by atomic mass is 35.5. The van der Waals surface area contributed by atoms with Gasteiger partial charge in [0.2, 0.25) is 5.95 Å². The minimum absolute atomic E-state index is 0.0505. The molecule has 2 rings (SSSR count). The molecule has 0 aliphatic carbocycles. The van der Waals surface area contributed by atoms with Crippen molar-refractivity contribution in [3.05, 3.63) is 46.2 Å². The summed E-state index contributed by atoms with van der Waals surface area (Å²) in [5, 5.41) is 4.62. The number of nitrogens with zero attached hydrogens (tertiary/aromatic N) is 2. The molecule has 2 aromatic rings. The minimum atomic E-state index is 0.0505. The number of imidazole rings is 1. The van der Waals surface area contributed by atoms with Gasteiger partial charge in [-0.2, -0.15) is 0 Å². The second-order valence-corrected chi connectivity index (χ2v) is 5.84. The number of methoxy groups -OCH3 is 1. The van der Waals surface area contributed by atoms with Crippen molar-refractivity contribution >= 4 is 29.2 Å². The first-order valence-corrected chi connectivity index (χ1v) is 7.51. The molecule has 1 aromatic heterocycles. The molecule has 0 fully saturated rings. The third-order valence-electron chi connectivity index (χ3n) is 3.29. The first-order valence-electron chi connectivity index (χ1n) is 6.76. The second-order valence-electron chi connectivity index (χ2n) is 5.00. The fourth-order valence-electron chi connectivity index (χ4n) is 2.24. The smallest absolute Gasteiger partial charge is 0.203 e.